The standard InChI is InChI=1S/C19H32N4O/c1-3-23(17-9-5-4-6-10-17)15-8-13-21-19(20-2)22-14-12-18-11-7-16-24-18/h4-6,9-10,18H,3,7-8,11-16H2,1-2H3,(H2,20,21,22). The van der Waals surface area contributed by atoms with Crippen LogP contribution < -0.4 is 15.5 Å². The highest BCUT2D eigenvalue weighted by atomic mass is 16.5. The fourth-order valence-electron chi connectivity index (χ4n) is 3.03. The molecular weight excluding hydrogens is 300 g/mol. The third kappa shape index (κ3) is 6.40. The summed E-state index contributed by atoms with van der Waals surface area (Å²) in [4.78, 5) is 6.69. The average molecular weight is 332 g/mol. The van der Waals surface area contributed by atoms with E-state index in [1.165, 1.54) is 18.5 Å². The van der Waals surface area contributed by atoms with E-state index in [0.717, 1.165) is 51.6 Å². The van der Waals surface area contributed by atoms with Crippen molar-refractivity contribution in [3.63, 3.8) is 0 Å². The molecule has 5 nitrogen and oxygen atoms in total. The summed E-state index contributed by atoms with van der Waals surface area (Å²) in [5.41, 5.74) is 1.29. The summed E-state index contributed by atoms with van der Waals surface area (Å²) in [5.74, 6) is 0.885. The van der Waals surface area contributed by atoms with Gasteiger partial charge in [0.1, 0.15) is 0 Å². The first-order chi connectivity index (χ1) is 11.8. The molecule has 0 aromatic heterocycles. The molecule has 5 heteroatoms. The minimum absolute atomic E-state index is 0.430. The van der Waals surface area contributed by atoms with Gasteiger partial charge in [-0.25, -0.2) is 0 Å². The number of nitrogens with one attached hydrogen (secondary N) is 2. The molecule has 1 atom stereocenters. The number of guanidine groups is 1. The van der Waals surface area contributed by atoms with E-state index < -0.39 is 0 Å². The topological polar surface area (TPSA) is 48.9 Å². The number of hydrogen-bond donors (Lipinski definition) is 2. The van der Waals surface area contributed by atoms with Gasteiger partial charge in [0, 0.05) is 45.5 Å². The molecule has 24 heavy (non-hydrogen) atoms. The molecule has 1 aromatic carbocycles. The van der Waals surface area contributed by atoms with E-state index in [2.05, 4.69) is 57.8 Å². The molecule has 2 rings (SSSR count). The van der Waals surface area contributed by atoms with Crippen LogP contribution in [0.25, 0.3) is 0 Å². The van der Waals surface area contributed by atoms with Crippen LogP contribution in [0.5, 0.6) is 0 Å². The van der Waals surface area contributed by atoms with E-state index >= 15 is 0 Å². The number of para-hydroxylation sites is 1. The van der Waals surface area contributed by atoms with Gasteiger partial charge in [0.25, 0.3) is 0 Å². The molecule has 0 bridgehead atoms. The molecule has 1 saturated heterocycles. The van der Waals surface area contributed by atoms with E-state index in [0.29, 0.717) is 6.10 Å². The van der Waals surface area contributed by atoms with Gasteiger partial charge in [-0.05, 0) is 44.7 Å². The predicted octanol–water partition coefficient (Wildman–Crippen LogP) is 2.64. The Bertz CT molecular complexity index is 472. The van der Waals surface area contributed by atoms with Gasteiger partial charge in [-0.2, -0.15) is 0 Å². The van der Waals surface area contributed by atoms with Crippen molar-refractivity contribution in [2.24, 2.45) is 4.99 Å². The van der Waals surface area contributed by atoms with Gasteiger partial charge in [-0.15, -0.1) is 0 Å². The Morgan fingerprint density at radius 3 is 2.71 bits per heavy atom. The zero-order valence-electron chi connectivity index (χ0n) is 15.1. The summed E-state index contributed by atoms with van der Waals surface area (Å²) >= 11 is 0. The number of aliphatic imine (C=N–C) groups is 1. The van der Waals surface area contributed by atoms with Crippen molar-refractivity contribution in [2.45, 2.75) is 38.7 Å². The minimum atomic E-state index is 0.430. The molecule has 1 aliphatic rings. The Balaban J connectivity index is 1.60. The van der Waals surface area contributed by atoms with Crippen LogP contribution in [0.4, 0.5) is 5.69 Å². The van der Waals surface area contributed by atoms with Crippen LogP contribution in [0.15, 0.2) is 35.3 Å². The molecule has 0 amide bonds. The number of ether oxygens (including phenoxy) is 1. The maximum absolute atomic E-state index is 5.64. The highest BCUT2D eigenvalue weighted by molar-refractivity contribution is 5.79. The second kappa shape index (κ2) is 10.9. The number of hydrogen-bond acceptors (Lipinski definition) is 3. The fourth-order valence-corrected chi connectivity index (χ4v) is 3.03. The molecular formula is C19H32N4O. The number of nitrogens with zero attached hydrogens (tertiary/aromatic N) is 2. The van der Waals surface area contributed by atoms with Crippen molar-refractivity contribution in [1.82, 2.24) is 10.6 Å². The van der Waals surface area contributed by atoms with Gasteiger partial charge in [0.05, 0.1) is 6.10 Å². The van der Waals surface area contributed by atoms with E-state index in [-0.39, 0.29) is 0 Å². The van der Waals surface area contributed by atoms with Crippen molar-refractivity contribution in [1.29, 1.82) is 0 Å². The first-order valence-corrected chi connectivity index (χ1v) is 9.19. The molecule has 0 aliphatic carbocycles. The van der Waals surface area contributed by atoms with Gasteiger partial charge in [0.15, 0.2) is 5.96 Å². The summed E-state index contributed by atoms with van der Waals surface area (Å²) < 4.78 is 5.64. The average Bonchev–Trinajstić information content (AvgIpc) is 3.14. The molecule has 1 aliphatic heterocycles. The summed E-state index contributed by atoms with van der Waals surface area (Å²) in [7, 11) is 1.82. The SMILES string of the molecule is CCN(CCCNC(=NC)NCCC1CCCO1)c1ccccc1. The van der Waals surface area contributed by atoms with Crippen LogP contribution in [-0.4, -0.2) is 51.9 Å². The van der Waals surface area contributed by atoms with Crippen LogP contribution in [0, 0.1) is 0 Å². The Kier molecular flexibility index (Phi) is 8.46. The molecule has 1 aromatic rings. The third-order valence-electron chi connectivity index (χ3n) is 4.41. The molecule has 2 N–H and O–H groups in total. The maximum atomic E-state index is 5.64. The van der Waals surface area contributed by atoms with Crippen LogP contribution in [-0.2, 0) is 4.74 Å². The van der Waals surface area contributed by atoms with Crippen molar-refractivity contribution in [2.75, 3.05) is 44.7 Å². The first-order valence-electron chi connectivity index (χ1n) is 9.19. The van der Waals surface area contributed by atoms with Crippen LogP contribution >= 0.6 is 0 Å². The van der Waals surface area contributed by atoms with Crippen molar-refractivity contribution in [3.8, 4) is 0 Å². The molecule has 134 valence electrons. The highest BCUT2D eigenvalue weighted by Gasteiger charge is 2.14. The third-order valence-corrected chi connectivity index (χ3v) is 4.41. The lowest BCUT2D eigenvalue weighted by Crippen LogP contribution is -2.39. The van der Waals surface area contributed by atoms with Gasteiger partial charge < -0.3 is 20.3 Å². The second-order valence-corrected chi connectivity index (χ2v) is 6.12. The summed E-state index contributed by atoms with van der Waals surface area (Å²) in [6.45, 7) is 7.02. The summed E-state index contributed by atoms with van der Waals surface area (Å²) in [6.07, 6.45) is 4.96. The predicted molar refractivity (Wildman–Crippen MR) is 102 cm³/mol. The lowest BCUT2D eigenvalue weighted by atomic mass is 10.2. The molecule has 0 spiro atoms. The number of rotatable bonds is 9. The first kappa shape index (κ1) is 18.6. The van der Waals surface area contributed by atoms with Gasteiger partial charge in [-0.1, -0.05) is 18.2 Å². The quantitative estimate of drug-likeness (QED) is 0.415. The Labute approximate surface area is 146 Å². The van der Waals surface area contributed by atoms with E-state index in [9.17, 15) is 0 Å². The zero-order valence-corrected chi connectivity index (χ0v) is 15.1. The van der Waals surface area contributed by atoms with Crippen LogP contribution in [0.2, 0.25) is 0 Å². The summed E-state index contributed by atoms with van der Waals surface area (Å²) in [5, 5.41) is 6.77. The molecule has 1 heterocycles. The van der Waals surface area contributed by atoms with Crippen LogP contribution in [0.3, 0.4) is 0 Å². The molecule has 0 radical (unpaired) electrons. The molecule has 0 saturated carbocycles. The largest absolute Gasteiger partial charge is 0.378 e. The monoisotopic (exact) mass is 332 g/mol. The Hall–Kier alpha value is -1.75. The van der Waals surface area contributed by atoms with E-state index in [1.54, 1.807) is 0 Å². The highest BCUT2D eigenvalue weighted by Crippen LogP contribution is 2.14. The van der Waals surface area contributed by atoms with Gasteiger partial charge in [-0.3, -0.25) is 4.99 Å². The smallest absolute Gasteiger partial charge is 0.190 e. The van der Waals surface area contributed by atoms with Crippen molar-refractivity contribution < 1.29 is 4.74 Å². The fraction of sp³-hybridized carbons (Fsp3) is 0.632. The molecule has 1 fully saturated rings. The van der Waals surface area contributed by atoms with Crippen LogP contribution in [0.1, 0.15) is 32.6 Å². The van der Waals surface area contributed by atoms with Gasteiger partial charge in [0.2, 0.25) is 0 Å². The van der Waals surface area contributed by atoms with E-state index in [4.69, 9.17) is 4.74 Å². The summed E-state index contributed by atoms with van der Waals surface area (Å²) in [6, 6.07) is 10.6. The van der Waals surface area contributed by atoms with Crippen molar-refractivity contribution >= 4 is 11.6 Å². The minimum Gasteiger partial charge on any atom is -0.378 e. The van der Waals surface area contributed by atoms with Gasteiger partial charge >= 0.3 is 0 Å². The zero-order chi connectivity index (χ0) is 17.0. The lowest BCUT2D eigenvalue weighted by molar-refractivity contribution is 0.105. The maximum Gasteiger partial charge on any atom is 0.190 e. The molecule has 1 unspecified atom stereocenters. The number of anilines is 1. The van der Waals surface area contributed by atoms with Crippen molar-refractivity contribution in [3.05, 3.63) is 30.3 Å². The Morgan fingerprint density at radius 1 is 1.25 bits per heavy atom. The number of benzene rings is 1. The normalized spacial score (nSPS) is 17.8. The lowest BCUT2D eigenvalue weighted by Gasteiger charge is -2.23. The second-order valence-electron chi connectivity index (χ2n) is 6.12. The van der Waals surface area contributed by atoms with E-state index in [1.807, 2.05) is 7.05 Å². The Morgan fingerprint density at radius 2 is 2.04 bits per heavy atom.